The van der Waals surface area contributed by atoms with Crippen molar-refractivity contribution in [2.45, 2.75) is 45.6 Å². The average molecular weight is 279 g/mol. The first-order chi connectivity index (χ1) is 9.65. The van der Waals surface area contributed by atoms with Crippen LogP contribution in [0, 0.1) is 16.0 Å². The van der Waals surface area contributed by atoms with Gasteiger partial charge in [-0.2, -0.15) is 0 Å². The van der Waals surface area contributed by atoms with E-state index >= 15 is 0 Å². The SMILES string of the molecule is CCNc1ncnc(NC(CC)CC2CC2)c1[N+](=O)[O-]. The highest BCUT2D eigenvalue weighted by Gasteiger charge is 2.28. The van der Waals surface area contributed by atoms with Gasteiger partial charge in [0.2, 0.25) is 11.6 Å². The highest BCUT2D eigenvalue weighted by atomic mass is 16.6. The molecule has 0 saturated heterocycles. The Morgan fingerprint density at radius 1 is 1.40 bits per heavy atom. The van der Waals surface area contributed by atoms with Crippen molar-refractivity contribution in [2.75, 3.05) is 17.2 Å². The lowest BCUT2D eigenvalue weighted by molar-refractivity contribution is -0.383. The maximum Gasteiger partial charge on any atom is 0.353 e. The third-order valence-electron chi connectivity index (χ3n) is 3.50. The summed E-state index contributed by atoms with van der Waals surface area (Å²) >= 11 is 0. The molecule has 0 amide bonds. The number of rotatable bonds is 8. The monoisotopic (exact) mass is 279 g/mol. The van der Waals surface area contributed by atoms with Gasteiger partial charge in [0.15, 0.2) is 0 Å². The molecule has 0 radical (unpaired) electrons. The zero-order valence-electron chi connectivity index (χ0n) is 11.9. The lowest BCUT2D eigenvalue weighted by Gasteiger charge is -2.17. The van der Waals surface area contributed by atoms with Crippen LogP contribution in [0.25, 0.3) is 0 Å². The summed E-state index contributed by atoms with van der Waals surface area (Å²) in [6.45, 7) is 4.54. The van der Waals surface area contributed by atoms with E-state index < -0.39 is 4.92 Å². The van der Waals surface area contributed by atoms with E-state index in [0.29, 0.717) is 12.4 Å². The van der Waals surface area contributed by atoms with Crippen LogP contribution in [0.15, 0.2) is 6.33 Å². The smallest absolute Gasteiger partial charge is 0.353 e. The molecule has 2 rings (SSSR count). The van der Waals surface area contributed by atoms with Gasteiger partial charge in [-0.25, -0.2) is 9.97 Å². The number of anilines is 2. The van der Waals surface area contributed by atoms with Crippen molar-refractivity contribution >= 4 is 17.3 Å². The number of nitro groups is 1. The van der Waals surface area contributed by atoms with E-state index in [9.17, 15) is 10.1 Å². The van der Waals surface area contributed by atoms with Gasteiger partial charge in [0.25, 0.3) is 0 Å². The maximum atomic E-state index is 11.3. The molecule has 7 heteroatoms. The molecule has 1 heterocycles. The molecule has 1 aliphatic carbocycles. The Labute approximate surface area is 118 Å². The molecule has 1 aliphatic rings. The van der Waals surface area contributed by atoms with E-state index in [1.165, 1.54) is 19.2 Å². The molecule has 20 heavy (non-hydrogen) atoms. The summed E-state index contributed by atoms with van der Waals surface area (Å²) < 4.78 is 0. The fourth-order valence-corrected chi connectivity index (χ4v) is 2.23. The molecule has 1 aromatic heterocycles. The van der Waals surface area contributed by atoms with Crippen molar-refractivity contribution in [1.29, 1.82) is 0 Å². The maximum absolute atomic E-state index is 11.3. The molecular formula is C13H21N5O2. The van der Waals surface area contributed by atoms with E-state index in [1.54, 1.807) is 0 Å². The van der Waals surface area contributed by atoms with Crippen LogP contribution in [-0.4, -0.2) is 27.5 Å². The number of hydrogen-bond acceptors (Lipinski definition) is 6. The van der Waals surface area contributed by atoms with Gasteiger partial charge in [0, 0.05) is 12.6 Å². The van der Waals surface area contributed by atoms with Gasteiger partial charge in [0.05, 0.1) is 4.92 Å². The minimum Gasteiger partial charge on any atom is -0.364 e. The minimum absolute atomic E-state index is 0.0661. The van der Waals surface area contributed by atoms with E-state index in [0.717, 1.165) is 18.8 Å². The van der Waals surface area contributed by atoms with Crippen LogP contribution < -0.4 is 10.6 Å². The predicted molar refractivity (Wildman–Crippen MR) is 77.9 cm³/mol. The predicted octanol–water partition coefficient (Wildman–Crippen LogP) is 2.81. The Morgan fingerprint density at radius 2 is 2.10 bits per heavy atom. The number of nitrogens with one attached hydrogen (secondary N) is 2. The van der Waals surface area contributed by atoms with Crippen molar-refractivity contribution in [3.05, 3.63) is 16.4 Å². The van der Waals surface area contributed by atoms with Crippen LogP contribution in [-0.2, 0) is 0 Å². The summed E-state index contributed by atoms with van der Waals surface area (Å²) in [6, 6.07) is 0.227. The van der Waals surface area contributed by atoms with Gasteiger partial charge in [-0.15, -0.1) is 0 Å². The summed E-state index contributed by atoms with van der Waals surface area (Å²) in [6.07, 6.45) is 5.87. The van der Waals surface area contributed by atoms with Gasteiger partial charge in [0.1, 0.15) is 6.33 Å². The zero-order chi connectivity index (χ0) is 14.5. The number of nitrogens with zero attached hydrogens (tertiary/aromatic N) is 3. The fraction of sp³-hybridized carbons (Fsp3) is 0.692. The molecule has 1 atom stereocenters. The van der Waals surface area contributed by atoms with Gasteiger partial charge in [-0.05, 0) is 25.7 Å². The quantitative estimate of drug-likeness (QED) is 0.561. The lowest BCUT2D eigenvalue weighted by Crippen LogP contribution is -2.21. The van der Waals surface area contributed by atoms with Gasteiger partial charge in [-0.1, -0.05) is 19.8 Å². The number of hydrogen-bond donors (Lipinski definition) is 2. The Kier molecular flexibility index (Phi) is 4.70. The topological polar surface area (TPSA) is 93.0 Å². The zero-order valence-corrected chi connectivity index (χ0v) is 11.9. The molecule has 2 N–H and O–H groups in total. The second-order valence-corrected chi connectivity index (χ2v) is 5.14. The third-order valence-corrected chi connectivity index (χ3v) is 3.50. The van der Waals surface area contributed by atoms with Crippen LogP contribution in [0.1, 0.15) is 39.5 Å². The van der Waals surface area contributed by atoms with E-state index in [4.69, 9.17) is 0 Å². The van der Waals surface area contributed by atoms with Crippen molar-refractivity contribution in [2.24, 2.45) is 5.92 Å². The Hall–Kier alpha value is -1.92. The fourth-order valence-electron chi connectivity index (χ4n) is 2.23. The summed E-state index contributed by atoms with van der Waals surface area (Å²) in [4.78, 5) is 18.8. The first-order valence-electron chi connectivity index (χ1n) is 7.15. The molecule has 1 unspecified atom stereocenters. The van der Waals surface area contributed by atoms with Crippen LogP contribution in [0.3, 0.4) is 0 Å². The van der Waals surface area contributed by atoms with Crippen molar-refractivity contribution < 1.29 is 4.92 Å². The Morgan fingerprint density at radius 3 is 2.65 bits per heavy atom. The largest absolute Gasteiger partial charge is 0.364 e. The van der Waals surface area contributed by atoms with Gasteiger partial charge >= 0.3 is 5.69 Å². The first-order valence-corrected chi connectivity index (χ1v) is 7.15. The third kappa shape index (κ3) is 3.55. The molecule has 110 valence electrons. The highest BCUT2D eigenvalue weighted by Crippen LogP contribution is 2.36. The van der Waals surface area contributed by atoms with Crippen LogP contribution >= 0.6 is 0 Å². The molecule has 0 spiro atoms. The molecule has 0 aliphatic heterocycles. The molecular weight excluding hydrogens is 258 g/mol. The summed E-state index contributed by atoms with van der Waals surface area (Å²) in [5.41, 5.74) is -0.0661. The van der Waals surface area contributed by atoms with Crippen LogP contribution in [0.5, 0.6) is 0 Å². The van der Waals surface area contributed by atoms with E-state index in [1.807, 2.05) is 6.92 Å². The second-order valence-electron chi connectivity index (χ2n) is 5.14. The highest BCUT2D eigenvalue weighted by molar-refractivity contribution is 5.69. The van der Waals surface area contributed by atoms with Gasteiger partial charge in [-0.3, -0.25) is 10.1 Å². The standard InChI is InChI=1S/C13H21N5O2/c1-3-10(7-9-5-6-9)17-13-11(18(19)20)12(14-4-2)15-8-16-13/h8-10H,3-7H2,1-2H3,(H2,14,15,16,17). The van der Waals surface area contributed by atoms with E-state index in [2.05, 4.69) is 27.5 Å². The van der Waals surface area contributed by atoms with E-state index in [-0.39, 0.29) is 17.5 Å². The molecule has 1 saturated carbocycles. The minimum atomic E-state index is -0.426. The first kappa shape index (κ1) is 14.5. The summed E-state index contributed by atoms with van der Waals surface area (Å²) in [7, 11) is 0. The molecule has 0 bridgehead atoms. The van der Waals surface area contributed by atoms with Crippen LogP contribution in [0.2, 0.25) is 0 Å². The molecule has 1 fully saturated rings. The van der Waals surface area contributed by atoms with Crippen molar-refractivity contribution in [3.63, 3.8) is 0 Å². The van der Waals surface area contributed by atoms with Gasteiger partial charge < -0.3 is 10.6 Å². The Bertz CT molecular complexity index is 476. The summed E-state index contributed by atoms with van der Waals surface area (Å²) in [5.74, 6) is 1.35. The second kappa shape index (κ2) is 6.49. The van der Waals surface area contributed by atoms with Crippen molar-refractivity contribution in [1.82, 2.24) is 9.97 Å². The van der Waals surface area contributed by atoms with Crippen molar-refractivity contribution in [3.8, 4) is 0 Å². The summed E-state index contributed by atoms with van der Waals surface area (Å²) in [5, 5.41) is 17.4. The van der Waals surface area contributed by atoms with Crippen LogP contribution in [0.4, 0.5) is 17.3 Å². The molecule has 0 aromatic carbocycles. The normalized spacial score (nSPS) is 15.7. The molecule has 7 nitrogen and oxygen atoms in total. The molecule has 1 aromatic rings. The Balaban J connectivity index is 2.19. The average Bonchev–Trinajstić information content (AvgIpc) is 3.22. The number of aromatic nitrogens is 2. The lowest BCUT2D eigenvalue weighted by atomic mass is 10.1.